The van der Waals surface area contributed by atoms with Gasteiger partial charge < -0.3 is 11.5 Å². The lowest BCUT2D eigenvalue weighted by Crippen LogP contribution is -1.98. The topological polar surface area (TPSA) is 52.0 Å². The molecule has 0 radical (unpaired) electrons. The number of halogens is 4. The molecule has 0 amide bonds. The number of nitrogen functional groups attached to an aromatic ring is 2. The fraction of sp³-hybridized carbons (Fsp3) is 0. The number of nitrogens with two attached hydrogens (primary N) is 2. The monoisotopic (exact) mass is 304 g/mol. The Morgan fingerprint density at radius 2 is 1.63 bits per heavy atom. The number of hydrogen-bond acceptors (Lipinski definition) is 3. The van der Waals surface area contributed by atoms with Crippen molar-refractivity contribution in [3.05, 3.63) is 46.7 Å². The first-order valence-corrected chi connectivity index (χ1v) is 6.25. The highest BCUT2D eigenvalue weighted by molar-refractivity contribution is 7.99. The van der Waals surface area contributed by atoms with Crippen molar-refractivity contribution in [2.75, 3.05) is 11.5 Å². The molecule has 0 aliphatic carbocycles. The van der Waals surface area contributed by atoms with Crippen LogP contribution in [0.3, 0.4) is 0 Å². The van der Waals surface area contributed by atoms with Gasteiger partial charge in [-0.1, -0.05) is 23.4 Å². The Balaban J connectivity index is 2.43. The number of anilines is 2. The molecule has 0 aliphatic heterocycles. The molecule has 0 atom stereocenters. The number of benzene rings is 2. The van der Waals surface area contributed by atoms with Crippen molar-refractivity contribution in [3.8, 4) is 0 Å². The van der Waals surface area contributed by atoms with E-state index in [0.29, 0.717) is 4.90 Å². The van der Waals surface area contributed by atoms with Crippen LogP contribution in [0.1, 0.15) is 0 Å². The van der Waals surface area contributed by atoms with Crippen LogP contribution in [-0.4, -0.2) is 0 Å². The van der Waals surface area contributed by atoms with Crippen LogP contribution in [0.15, 0.2) is 34.1 Å². The second-order valence-electron chi connectivity index (χ2n) is 3.69. The molecule has 0 unspecified atom stereocenters. The molecule has 2 nitrogen and oxygen atoms in total. The van der Waals surface area contributed by atoms with Crippen LogP contribution in [0, 0.1) is 17.5 Å². The standard InChI is InChI=1S/C12H8ClF3N2S/c13-10-8(17)4-9(18)12(11(10)16)19-5-1-2-6(14)7(15)3-5/h1-4H,17-18H2. The second-order valence-corrected chi connectivity index (χ2v) is 5.15. The number of hydrogen-bond donors (Lipinski definition) is 2. The van der Waals surface area contributed by atoms with Crippen molar-refractivity contribution in [2.45, 2.75) is 9.79 Å². The molecule has 100 valence electrons. The van der Waals surface area contributed by atoms with Crippen LogP contribution in [0.4, 0.5) is 24.5 Å². The Labute approximate surface area is 116 Å². The van der Waals surface area contributed by atoms with Crippen LogP contribution in [0.25, 0.3) is 0 Å². The van der Waals surface area contributed by atoms with Gasteiger partial charge in [0.2, 0.25) is 0 Å². The molecule has 0 spiro atoms. The highest BCUT2D eigenvalue weighted by Crippen LogP contribution is 2.39. The van der Waals surface area contributed by atoms with Gasteiger partial charge in [0.05, 0.1) is 16.3 Å². The van der Waals surface area contributed by atoms with E-state index in [0.717, 1.165) is 23.9 Å². The lowest BCUT2D eigenvalue weighted by atomic mass is 10.3. The predicted molar refractivity (Wildman–Crippen MR) is 70.7 cm³/mol. The summed E-state index contributed by atoms with van der Waals surface area (Å²) < 4.78 is 39.8. The van der Waals surface area contributed by atoms with Crippen molar-refractivity contribution >= 4 is 34.7 Å². The van der Waals surface area contributed by atoms with Gasteiger partial charge in [-0.15, -0.1) is 0 Å². The molecule has 19 heavy (non-hydrogen) atoms. The minimum atomic E-state index is -1.02. The van der Waals surface area contributed by atoms with Crippen molar-refractivity contribution in [3.63, 3.8) is 0 Å². The minimum absolute atomic E-state index is 0.0187. The fourth-order valence-electron chi connectivity index (χ4n) is 1.41. The maximum absolute atomic E-state index is 13.9. The summed E-state index contributed by atoms with van der Waals surface area (Å²) in [5.74, 6) is -2.78. The van der Waals surface area contributed by atoms with E-state index < -0.39 is 17.5 Å². The van der Waals surface area contributed by atoms with Gasteiger partial charge in [0, 0.05) is 4.90 Å². The van der Waals surface area contributed by atoms with Gasteiger partial charge in [0.25, 0.3) is 0 Å². The van der Waals surface area contributed by atoms with E-state index >= 15 is 0 Å². The molecule has 0 aromatic heterocycles. The summed E-state index contributed by atoms with van der Waals surface area (Å²) >= 11 is 6.51. The second kappa shape index (κ2) is 5.22. The van der Waals surface area contributed by atoms with Gasteiger partial charge in [-0.3, -0.25) is 0 Å². The van der Waals surface area contributed by atoms with Gasteiger partial charge in [-0.05, 0) is 24.3 Å². The van der Waals surface area contributed by atoms with Gasteiger partial charge in [-0.2, -0.15) is 0 Å². The Bertz CT molecular complexity index is 649. The fourth-order valence-corrected chi connectivity index (χ4v) is 2.52. The van der Waals surface area contributed by atoms with Crippen molar-refractivity contribution in [1.29, 1.82) is 0 Å². The third-order valence-corrected chi connectivity index (χ3v) is 3.82. The molecule has 0 bridgehead atoms. The zero-order chi connectivity index (χ0) is 14.2. The summed E-state index contributed by atoms with van der Waals surface area (Å²) in [5, 5.41) is -0.251. The quantitative estimate of drug-likeness (QED) is 0.822. The highest BCUT2D eigenvalue weighted by atomic mass is 35.5. The molecule has 2 aromatic carbocycles. The van der Waals surface area contributed by atoms with E-state index in [2.05, 4.69) is 0 Å². The van der Waals surface area contributed by atoms with Gasteiger partial charge in [-0.25, -0.2) is 13.2 Å². The zero-order valence-corrected chi connectivity index (χ0v) is 11.0. The first-order chi connectivity index (χ1) is 8.90. The zero-order valence-electron chi connectivity index (χ0n) is 9.38. The Morgan fingerprint density at radius 1 is 0.947 bits per heavy atom. The first-order valence-electron chi connectivity index (χ1n) is 5.06. The van der Waals surface area contributed by atoms with Crippen molar-refractivity contribution < 1.29 is 13.2 Å². The molecule has 4 N–H and O–H groups in total. The summed E-state index contributed by atoms with van der Waals surface area (Å²) in [4.78, 5) is 0.315. The van der Waals surface area contributed by atoms with E-state index in [9.17, 15) is 13.2 Å². The minimum Gasteiger partial charge on any atom is -0.398 e. The lowest BCUT2D eigenvalue weighted by Gasteiger charge is -2.10. The highest BCUT2D eigenvalue weighted by Gasteiger charge is 2.16. The van der Waals surface area contributed by atoms with E-state index in [1.54, 1.807) is 0 Å². The van der Waals surface area contributed by atoms with E-state index in [1.807, 2.05) is 0 Å². The smallest absolute Gasteiger partial charge is 0.159 e. The van der Waals surface area contributed by atoms with E-state index in [1.165, 1.54) is 12.1 Å². The van der Waals surface area contributed by atoms with Crippen LogP contribution >= 0.6 is 23.4 Å². The summed E-state index contributed by atoms with van der Waals surface area (Å²) in [6, 6.07) is 4.52. The molecule has 2 aromatic rings. The van der Waals surface area contributed by atoms with E-state index in [4.69, 9.17) is 23.1 Å². The summed E-state index contributed by atoms with van der Waals surface area (Å²) in [5.41, 5.74) is 11.2. The van der Waals surface area contributed by atoms with Crippen LogP contribution < -0.4 is 11.5 Å². The average molecular weight is 305 g/mol. The maximum Gasteiger partial charge on any atom is 0.159 e. The molecule has 0 aliphatic rings. The van der Waals surface area contributed by atoms with E-state index in [-0.39, 0.29) is 21.3 Å². The van der Waals surface area contributed by atoms with Crippen LogP contribution in [0.2, 0.25) is 5.02 Å². The molecule has 0 heterocycles. The normalized spacial score (nSPS) is 10.7. The lowest BCUT2D eigenvalue weighted by molar-refractivity contribution is 0.506. The van der Waals surface area contributed by atoms with Gasteiger partial charge >= 0.3 is 0 Å². The average Bonchev–Trinajstić information content (AvgIpc) is 2.36. The van der Waals surface area contributed by atoms with Crippen molar-refractivity contribution in [2.24, 2.45) is 0 Å². The number of rotatable bonds is 2. The first kappa shape index (κ1) is 13.9. The van der Waals surface area contributed by atoms with Gasteiger partial charge in [0.1, 0.15) is 5.02 Å². The van der Waals surface area contributed by atoms with Crippen LogP contribution in [0.5, 0.6) is 0 Å². The molecular weight excluding hydrogens is 297 g/mol. The van der Waals surface area contributed by atoms with Gasteiger partial charge in [0.15, 0.2) is 17.5 Å². The molecule has 0 saturated heterocycles. The third kappa shape index (κ3) is 2.74. The summed E-state index contributed by atoms with van der Waals surface area (Å²) in [6.07, 6.45) is 0. The third-order valence-electron chi connectivity index (χ3n) is 2.33. The van der Waals surface area contributed by atoms with Crippen LogP contribution in [-0.2, 0) is 0 Å². The van der Waals surface area contributed by atoms with Crippen molar-refractivity contribution in [1.82, 2.24) is 0 Å². The predicted octanol–water partition coefficient (Wildman–Crippen LogP) is 4.07. The molecule has 0 fully saturated rings. The molecule has 7 heteroatoms. The Kier molecular flexibility index (Phi) is 3.82. The molecular formula is C12H8ClF3N2S. The maximum atomic E-state index is 13.9. The summed E-state index contributed by atoms with van der Waals surface area (Å²) in [6.45, 7) is 0. The molecule has 0 saturated carbocycles. The Morgan fingerprint density at radius 3 is 2.26 bits per heavy atom. The SMILES string of the molecule is Nc1cc(N)c(Sc2ccc(F)c(F)c2)c(F)c1Cl. The summed E-state index contributed by atoms with van der Waals surface area (Å²) in [7, 11) is 0. The molecule has 2 rings (SSSR count). The largest absolute Gasteiger partial charge is 0.398 e. The Hall–Kier alpha value is -1.53.